The number of rotatable bonds is 11. The van der Waals surface area contributed by atoms with Gasteiger partial charge in [0.25, 0.3) is 5.69 Å². The number of anilines is 1. The molecule has 0 unspecified atom stereocenters. The molecule has 5 rings (SSSR count). The minimum absolute atomic E-state index is 0.164. The van der Waals surface area contributed by atoms with Crippen molar-refractivity contribution in [2.75, 3.05) is 17.3 Å². The molecule has 0 amide bonds. The Balaban J connectivity index is 1.47. The van der Waals surface area contributed by atoms with Crippen LogP contribution in [0.15, 0.2) is 101 Å². The largest absolute Gasteiger partial charge is 0.480 e. The summed E-state index contributed by atoms with van der Waals surface area (Å²) >= 11 is 1.53. The number of hydrogen-bond donors (Lipinski definition) is 2. The van der Waals surface area contributed by atoms with Crippen molar-refractivity contribution in [1.29, 1.82) is 0 Å². The third-order valence-corrected chi connectivity index (χ3v) is 7.46. The van der Waals surface area contributed by atoms with Crippen LogP contribution in [0.2, 0.25) is 0 Å². The second-order valence-corrected chi connectivity index (χ2v) is 10.4. The molecule has 5 aromatic rings. The molecule has 0 saturated carbocycles. The number of furan rings is 1. The van der Waals surface area contributed by atoms with Gasteiger partial charge >= 0.3 is 5.97 Å². The van der Waals surface area contributed by atoms with Crippen LogP contribution in [-0.2, 0) is 11.2 Å². The molecule has 0 aliphatic rings. The number of nitro groups is 1. The SMILES string of the molecule is CSCC[C@H](Nc1ccc(-c2ccc(-c3c(Cc4ccccc4)oc4ccccc34)cc2)cc1[N+](=O)[O-])C(=O)O. The minimum Gasteiger partial charge on any atom is -0.480 e. The Morgan fingerprint density at radius 1 is 0.950 bits per heavy atom. The molecule has 0 fully saturated rings. The molecule has 40 heavy (non-hydrogen) atoms. The molecular formula is C32H28N2O5S. The maximum absolute atomic E-state index is 11.9. The fourth-order valence-corrected chi connectivity index (χ4v) is 5.28. The maximum atomic E-state index is 11.9. The lowest BCUT2D eigenvalue weighted by molar-refractivity contribution is -0.383. The summed E-state index contributed by atoms with van der Waals surface area (Å²) in [5.74, 6) is 0.461. The van der Waals surface area contributed by atoms with Crippen molar-refractivity contribution in [3.8, 4) is 22.3 Å². The number of carboxylic acids is 1. The van der Waals surface area contributed by atoms with Gasteiger partial charge in [-0.3, -0.25) is 10.1 Å². The lowest BCUT2D eigenvalue weighted by Crippen LogP contribution is -2.30. The quantitative estimate of drug-likeness (QED) is 0.127. The molecule has 7 nitrogen and oxygen atoms in total. The Morgan fingerprint density at radius 3 is 2.33 bits per heavy atom. The van der Waals surface area contributed by atoms with Crippen LogP contribution in [0.5, 0.6) is 0 Å². The van der Waals surface area contributed by atoms with E-state index in [1.54, 1.807) is 12.1 Å². The zero-order valence-electron chi connectivity index (χ0n) is 21.9. The van der Waals surface area contributed by atoms with E-state index in [1.165, 1.54) is 17.8 Å². The number of carbonyl (C=O) groups is 1. The summed E-state index contributed by atoms with van der Waals surface area (Å²) in [7, 11) is 0. The topological polar surface area (TPSA) is 106 Å². The van der Waals surface area contributed by atoms with E-state index in [0.717, 1.165) is 39.0 Å². The first-order valence-electron chi connectivity index (χ1n) is 12.9. The van der Waals surface area contributed by atoms with E-state index in [-0.39, 0.29) is 11.4 Å². The Morgan fingerprint density at radius 2 is 1.62 bits per heavy atom. The molecule has 202 valence electrons. The van der Waals surface area contributed by atoms with Crippen LogP contribution in [0.25, 0.3) is 33.2 Å². The molecule has 1 atom stereocenters. The van der Waals surface area contributed by atoms with Gasteiger partial charge in [0.05, 0.1) is 4.92 Å². The van der Waals surface area contributed by atoms with Gasteiger partial charge in [-0.2, -0.15) is 11.8 Å². The summed E-state index contributed by atoms with van der Waals surface area (Å²) in [5.41, 5.74) is 5.50. The zero-order valence-corrected chi connectivity index (χ0v) is 22.7. The van der Waals surface area contributed by atoms with E-state index in [4.69, 9.17) is 4.42 Å². The fraction of sp³-hybridized carbons (Fsp3) is 0.156. The highest BCUT2D eigenvalue weighted by Gasteiger charge is 2.23. The smallest absolute Gasteiger partial charge is 0.326 e. The Kier molecular flexibility index (Phi) is 8.17. The molecule has 0 saturated heterocycles. The zero-order chi connectivity index (χ0) is 28.1. The highest BCUT2D eigenvalue weighted by atomic mass is 32.2. The summed E-state index contributed by atoms with van der Waals surface area (Å²) in [6.45, 7) is 0. The van der Waals surface area contributed by atoms with E-state index in [0.29, 0.717) is 24.2 Å². The van der Waals surface area contributed by atoms with Gasteiger partial charge in [0, 0.05) is 23.4 Å². The first-order valence-corrected chi connectivity index (χ1v) is 14.3. The molecule has 4 aromatic carbocycles. The molecule has 0 bridgehead atoms. The number of hydrogen-bond acceptors (Lipinski definition) is 6. The number of fused-ring (bicyclic) bond motifs is 1. The van der Waals surface area contributed by atoms with E-state index in [2.05, 4.69) is 23.5 Å². The lowest BCUT2D eigenvalue weighted by Gasteiger charge is -2.16. The molecule has 0 radical (unpaired) electrons. The summed E-state index contributed by atoms with van der Waals surface area (Å²) in [4.78, 5) is 23.1. The Labute approximate surface area is 236 Å². The lowest BCUT2D eigenvalue weighted by atomic mass is 9.96. The number of carboxylic acid groups (broad SMARTS) is 1. The first-order chi connectivity index (χ1) is 19.4. The van der Waals surface area contributed by atoms with Crippen molar-refractivity contribution < 1.29 is 19.2 Å². The van der Waals surface area contributed by atoms with Crippen LogP contribution in [0.1, 0.15) is 17.7 Å². The van der Waals surface area contributed by atoms with Crippen molar-refractivity contribution in [2.24, 2.45) is 0 Å². The fourth-order valence-electron chi connectivity index (χ4n) is 4.81. The third-order valence-electron chi connectivity index (χ3n) is 6.82. The van der Waals surface area contributed by atoms with E-state index < -0.39 is 16.9 Å². The molecule has 2 N–H and O–H groups in total. The van der Waals surface area contributed by atoms with Gasteiger partial charge in [0.2, 0.25) is 0 Å². The van der Waals surface area contributed by atoms with Crippen molar-refractivity contribution in [2.45, 2.75) is 18.9 Å². The van der Waals surface area contributed by atoms with E-state index in [1.807, 2.05) is 66.9 Å². The van der Waals surface area contributed by atoms with Crippen LogP contribution in [0.3, 0.4) is 0 Å². The normalized spacial score (nSPS) is 11.8. The second-order valence-electron chi connectivity index (χ2n) is 9.44. The van der Waals surface area contributed by atoms with Crippen LogP contribution in [0, 0.1) is 10.1 Å². The van der Waals surface area contributed by atoms with Gasteiger partial charge in [-0.15, -0.1) is 0 Å². The number of nitrogens with one attached hydrogen (secondary N) is 1. The van der Waals surface area contributed by atoms with Gasteiger partial charge in [-0.1, -0.05) is 78.9 Å². The van der Waals surface area contributed by atoms with Crippen molar-refractivity contribution in [3.63, 3.8) is 0 Å². The van der Waals surface area contributed by atoms with Gasteiger partial charge in [-0.25, -0.2) is 4.79 Å². The summed E-state index contributed by atoms with van der Waals surface area (Å²) < 4.78 is 6.28. The molecule has 0 spiro atoms. The summed E-state index contributed by atoms with van der Waals surface area (Å²) in [6.07, 6.45) is 2.90. The van der Waals surface area contributed by atoms with E-state index >= 15 is 0 Å². The molecule has 0 aliphatic carbocycles. The van der Waals surface area contributed by atoms with E-state index in [9.17, 15) is 20.0 Å². The van der Waals surface area contributed by atoms with Crippen molar-refractivity contribution in [3.05, 3.63) is 118 Å². The van der Waals surface area contributed by atoms with Crippen molar-refractivity contribution in [1.82, 2.24) is 0 Å². The number of para-hydroxylation sites is 1. The molecular weight excluding hydrogens is 524 g/mol. The molecule has 1 aromatic heterocycles. The highest BCUT2D eigenvalue weighted by molar-refractivity contribution is 7.98. The second kappa shape index (κ2) is 12.1. The van der Waals surface area contributed by atoms with Gasteiger partial charge < -0.3 is 14.8 Å². The first kappa shape index (κ1) is 27.0. The predicted octanol–water partition coefficient (Wildman–Crippen LogP) is 7.88. The monoisotopic (exact) mass is 552 g/mol. The van der Waals surface area contributed by atoms with Gasteiger partial charge in [0.15, 0.2) is 0 Å². The number of benzene rings is 4. The average molecular weight is 553 g/mol. The molecule has 1 heterocycles. The van der Waals surface area contributed by atoms with Crippen LogP contribution in [-0.4, -0.2) is 34.0 Å². The molecule has 8 heteroatoms. The number of nitrogens with zero attached hydrogens (tertiary/aromatic N) is 1. The third kappa shape index (κ3) is 5.87. The highest BCUT2D eigenvalue weighted by Crippen LogP contribution is 2.38. The predicted molar refractivity (Wildman–Crippen MR) is 161 cm³/mol. The average Bonchev–Trinajstić information content (AvgIpc) is 3.33. The Hall–Kier alpha value is -4.56. The maximum Gasteiger partial charge on any atom is 0.326 e. The minimum atomic E-state index is -1.04. The number of nitro benzene ring substituents is 1. The van der Waals surface area contributed by atoms with Crippen LogP contribution < -0.4 is 5.32 Å². The summed E-state index contributed by atoms with van der Waals surface area (Å²) in [5, 5.41) is 25.3. The summed E-state index contributed by atoms with van der Waals surface area (Å²) in [6, 6.07) is 29.9. The standard InChI is InChI=1S/C32H28N2O5S/c1-40-18-17-27(32(35)36)33-26-16-15-24(20-28(26)34(37)38)22-11-13-23(14-12-22)31-25-9-5-6-10-29(25)39-30(31)19-21-7-3-2-4-8-21/h2-16,20,27,33H,17-19H2,1H3,(H,35,36)/t27-/m0/s1. The number of thioether (sulfide) groups is 1. The van der Waals surface area contributed by atoms with Crippen molar-refractivity contribution >= 4 is 40.1 Å². The van der Waals surface area contributed by atoms with Crippen LogP contribution in [0.4, 0.5) is 11.4 Å². The van der Waals surface area contributed by atoms with Gasteiger partial charge in [-0.05, 0) is 52.8 Å². The van der Waals surface area contributed by atoms with Crippen LogP contribution >= 0.6 is 11.8 Å². The molecule has 0 aliphatic heterocycles. The van der Waals surface area contributed by atoms with Gasteiger partial charge in [0.1, 0.15) is 23.1 Å². The number of aliphatic carboxylic acids is 1. The Bertz CT molecular complexity index is 1650.